The highest BCUT2D eigenvalue weighted by atomic mass is 32.1. The van der Waals surface area contributed by atoms with Gasteiger partial charge in [0.05, 0.1) is 6.04 Å². The van der Waals surface area contributed by atoms with Crippen LogP contribution < -0.4 is 5.73 Å². The van der Waals surface area contributed by atoms with Crippen LogP contribution in [-0.4, -0.2) is 21.8 Å². The molecule has 3 aromatic rings. The molecule has 0 saturated heterocycles. The Morgan fingerprint density at radius 3 is 3.05 bits per heavy atom. The molecule has 3 N–H and O–H groups in total. The highest BCUT2D eigenvalue weighted by molar-refractivity contribution is 7.11. The Labute approximate surface area is 114 Å². The second kappa shape index (κ2) is 4.95. The number of rotatable bonds is 4. The van der Waals surface area contributed by atoms with Crippen LogP contribution in [0.5, 0.6) is 0 Å². The van der Waals surface area contributed by atoms with Gasteiger partial charge in [0.15, 0.2) is 5.01 Å². The molecule has 0 aliphatic rings. The summed E-state index contributed by atoms with van der Waals surface area (Å²) in [4.78, 5) is 19.3. The fourth-order valence-electron chi connectivity index (χ4n) is 2.13. The van der Waals surface area contributed by atoms with Crippen molar-refractivity contribution in [3.8, 4) is 0 Å². The number of ketones is 1. The molecule has 0 amide bonds. The van der Waals surface area contributed by atoms with Gasteiger partial charge in [-0.1, -0.05) is 18.2 Å². The van der Waals surface area contributed by atoms with Gasteiger partial charge in [0.1, 0.15) is 0 Å². The van der Waals surface area contributed by atoms with Gasteiger partial charge >= 0.3 is 0 Å². The molecule has 3 rings (SSSR count). The number of hydrogen-bond donors (Lipinski definition) is 2. The number of thiazole rings is 1. The molecule has 0 aliphatic carbocycles. The molecule has 96 valence electrons. The van der Waals surface area contributed by atoms with Gasteiger partial charge in [-0.05, 0) is 18.1 Å². The summed E-state index contributed by atoms with van der Waals surface area (Å²) >= 11 is 1.33. The van der Waals surface area contributed by atoms with Gasteiger partial charge in [-0.25, -0.2) is 4.98 Å². The summed E-state index contributed by atoms with van der Waals surface area (Å²) in [6, 6.07) is 7.44. The molecule has 1 aromatic carbocycles. The Balaban J connectivity index is 1.83. The third-order valence-electron chi connectivity index (χ3n) is 3.09. The lowest BCUT2D eigenvalue weighted by Gasteiger charge is -2.07. The van der Waals surface area contributed by atoms with Crippen LogP contribution in [0.2, 0.25) is 0 Å². The van der Waals surface area contributed by atoms with Gasteiger partial charge in [0.2, 0.25) is 5.78 Å². The summed E-state index contributed by atoms with van der Waals surface area (Å²) in [6.07, 6.45) is 4.05. The minimum atomic E-state index is -0.551. The van der Waals surface area contributed by atoms with Crippen LogP contribution >= 0.6 is 11.3 Å². The normalized spacial score (nSPS) is 12.7. The molecule has 5 heteroatoms. The van der Waals surface area contributed by atoms with E-state index in [9.17, 15) is 4.79 Å². The van der Waals surface area contributed by atoms with Gasteiger partial charge in [-0.15, -0.1) is 11.3 Å². The number of aromatic nitrogens is 2. The van der Waals surface area contributed by atoms with Crippen molar-refractivity contribution in [1.82, 2.24) is 9.97 Å². The molecule has 0 bridgehead atoms. The number of Topliss-reactive ketones (excluding diaryl/α,β-unsaturated/α-hetero) is 1. The Morgan fingerprint density at radius 2 is 2.26 bits per heavy atom. The molecular weight excluding hydrogens is 258 g/mol. The fourth-order valence-corrected chi connectivity index (χ4v) is 2.77. The van der Waals surface area contributed by atoms with E-state index in [4.69, 9.17) is 5.73 Å². The van der Waals surface area contributed by atoms with Crippen molar-refractivity contribution in [3.63, 3.8) is 0 Å². The van der Waals surface area contributed by atoms with Crippen molar-refractivity contribution in [2.75, 3.05) is 0 Å². The van der Waals surface area contributed by atoms with Crippen molar-refractivity contribution < 1.29 is 4.79 Å². The zero-order valence-electron chi connectivity index (χ0n) is 10.2. The molecule has 2 aromatic heterocycles. The monoisotopic (exact) mass is 271 g/mol. The number of carbonyl (C=O) groups excluding carboxylic acids is 1. The van der Waals surface area contributed by atoms with E-state index in [-0.39, 0.29) is 5.78 Å². The SMILES string of the molecule is N[C@@H](Cc1c[nH]c2ccccc12)C(=O)c1nccs1. The molecular formula is C14H13N3OS. The highest BCUT2D eigenvalue weighted by Crippen LogP contribution is 2.19. The van der Waals surface area contributed by atoms with E-state index in [0.29, 0.717) is 11.4 Å². The number of nitrogens with zero attached hydrogens (tertiary/aromatic N) is 1. The molecule has 0 saturated carbocycles. The summed E-state index contributed by atoms with van der Waals surface area (Å²) in [7, 11) is 0. The zero-order valence-corrected chi connectivity index (χ0v) is 11.0. The van der Waals surface area contributed by atoms with E-state index >= 15 is 0 Å². The van der Waals surface area contributed by atoms with Crippen LogP contribution in [0, 0.1) is 0 Å². The minimum absolute atomic E-state index is 0.0970. The van der Waals surface area contributed by atoms with Crippen molar-refractivity contribution >= 4 is 28.0 Å². The third-order valence-corrected chi connectivity index (χ3v) is 3.88. The van der Waals surface area contributed by atoms with Crippen LogP contribution in [-0.2, 0) is 6.42 Å². The molecule has 0 unspecified atom stereocenters. The molecule has 0 spiro atoms. The van der Waals surface area contributed by atoms with Crippen LogP contribution in [0.3, 0.4) is 0 Å². The average Bonchev–Trinajstić information content (AvgIpc) is 3.08. The standard InChI is InChI=1S/C14H13N3OS/c15-11(13(18)14-16-5-6-19-14)7-9-8-17-12-4-2-1-3-10(9)12/h1-6,8,11,17H,7,15H2/t11-/m0/s1. The van der Waals surface area contributed by atoms with E-state index in [1.54, 1.807) is 11.6 Å². The quantitative estimate of drug-likeness (QED) is 0.716. The number of para-hydroxylation sites is 1. The van der Waals surface area contributed by atoms with Crippen molar-refractivity contribution in [3.05, 3.63) is 52.6 Å². The first-order valence-electron chi connectivity index (χ1n) is 6.00. The Hall–Kier alpha value is -1.98. The fraction of sp³-hybridized carbons (Fsp3) is 0.143. The van der Waals surface area contributed by atoms with Gasteiger partial charge < -0.3 is 10.7 Å². The molecule has 1 atom stereocenters. The van der Waals surface area contributed by atoms with Crippen molar-refractivity contribution in [2.24, 2.45) is 5.73 Å². The molecule has 2 heterocycles. The van der Waals surface area contributed by atoms with E-state index in [2.05, 4.69) is 9.97 Å². The number of fused-ring (bicyclic) bond motifs is 1. The topological polar surface area (TPSA) is 71.8 Å². The summed E-state index contributed by atoms with van der Waals surface area (Å²) in [6.45, 7) is 0. The number of benzene rings is 1. The van der Waals surface area contributed by atoms with E-state index in [1.807, 2.05) is 30.5 Å². The van der Waals surface area contributed by atoms with Crippen LogP contribution in [0.15, 0.2) is 42.0 Å². The number of carbonyl (C=O) groups is 1. The number of H-pyrrole nitrogens is 1. The first-order chi connectivity index (χ1) is 9.25. The van der Waals surface area contributed by atoms with Crippen molar-refractivity contribution in [1.29, 1.82) is 0 Å². The second-order valence-electron chi connectivity index (χ2n) is 4.37. The number of nitrogens with two attached hydrogens (primary N) is 1. The second-order valence-corrected chi connectivity index (χ2v) is 5.27. The van der Waals surface area contributed by atoms with Gasteiger partial charge in [0.25, 0.3) is 0 Å². The van der Waals surface area contributed by atoms with Crippen LogP contribution in [0.4, 0.5) is 0 Å². The maximum Gasteiger partial charge on any atom is 0.208 e. The minimum Gasteiger partial charge on any atom is -0.361 e. The zero-order chi connectivity index (χ0) is 13.2. The lowest BCUT2D eigenvalue weighted by molar-refractivity contribution is 0.0960. The van der Waals surface area contributed by atoms with Crippen LogP contribution in [0.1, 0.15) is 15.4 Å². The van der Waals surface area contributed by atoms with E-state index in [1.165, 1.54) is 11.3 Å². The lowest BCUT2D eigenvalue weighted by Crippen LogP contribution is -2.32. The highest BCUT2D eigenvalue weighted by Gasteiger charge is 2.19. The third kappa shape index (κ3) is 2.30. The average molecular weight is 271 g/mol. The molecule has 19 heavy (non-hydrogen) atoms. The molecule has 0 fully saturated rings. The molecule has 0 radical (unpaired) electrons. The van der Waals surface area contributed by atoms with Gasteiger partial charge in [0, 0.05) is 28.7 Å². The molecule has 0 aliphatic heterocycles. The Bertz CT molecular complexity index is 702. The molecule has 4 nitrogen and oxygen atoms in total. The number of aromatic amines is 1. The largest absolute Gasteiger partial charge is 0.361 e. The van der Waals surface area contributed by atoms with E-state index < -0.39 is 6.04 Å². The van der Waals surface area contributed by atoms with Gasteiger partial charge in [-0.2, -0.15) is 0 Å². The summed E-state index contributed by atoms with van der Waals surface area (Å²) in [5.41, 5.74) is 8.12. The van der Waals surface area contributed by atoms with Gasteiger partial charge in [-0.3, -0.25) is 4.79 Å². The van der Waals surface area contributed by atoms with E-state index in [0.717, 1.165) is 16.5 Å². The Morgan fingerprint density at radius 1 is 1.42 bits per heavy atom. The first-order valence-corrected chi connectivity index (χ1v) is 6.88. The number of nitrogens with one attached hydrogen (secondary N) is 1. The summed E-state index contributed by atoms with van der Waals surface area (Å²) < 4.78 is 0. The lowest BCUT2D eigenvalue weighted by atomic mass is 10.0. The summed E-state index contributed by atoms with van der Waals surface area (Å²) in [5, 5.41) is 3.38. The summed E-state index contributed by atoms with van der Waals surface area (Å²) in [5.74, 6) is -0.0970. The predicted molar refractivity (Wildman–Crippen MR) is 76.4 cm³/mol. The van der Waals surface area contributed by atoms with Crippen molar-refractivity contribution in [2.45, 2.75) is 12.5 Å². The smallest absolute Gasteiger partial charge is 0.208 e. The maximum absolute atomic E-state index is 12.1. The van der Waals surface area contributed by atoms with Crippen LogP contribution in [0.25, 0.3) is 10.9 Å². The Kier molecular flexibility index (Phi) is 3.15. The predicted octanol–water partition coefficient (Wildman–Crippen LogP) is 2.38. The maximum atomic E-state index is 12.1. The first kappa shape index (κ1) is 12.1. The number of hydrogen-bond acceptors (Lipinski definition) is 4.